The second-order valence-electron chi connectivity index (χ2n) is 7.07. The molecule has 1 saturated heterocycles. The standard InChI is InChI=1S/C24H20N2O3/c1-16-7-5-11-19(13-16)21-20(22(27)18-9-3-2-4-10-18)23(28)24(29)26(21)15-17-8-6-12-25-14-17/h2-14,21,27H,15H2,1H3/b22-20-. The summed E-state index contributed by atoms with van der Waals surface area (Å²) in [4.78, 5) is 31.5. The molecular formula is C24H20N2O3. The molecule has 1 aliphatic heterocycles. The second kappa shape index (κ2) is 7.72. The third-order valence-electron chi connectivity index (χ3n) is 5.02. The molecule has 2 aromatic carbocycles. The van der Waals surface area contributed by atoms with E-state index in [9.17, 15) is 14.7 Å². The van der Waals surface area contributed by atoms with Gasteiger partial charge in [0.2, 0.25) is 0 Å². The molecule has 5 nitrogen and oxygen atoms in total. The molecule has 0 aliphatic carbocycles. The largest absolute Gasteiger partial charge is 0.507 e. The normalized spacial score (nSPS) is 18.2. The van der Waals surface area contributed by atoms with Gasteiger partial charge in [0, 0.05) is 24.5 Å². The van der Waals surface area contributed by atoms with E-state index in [2.05, 4.69) is 4.98 Å². The molecule has 0 bridgehead atoms. The van der Waals surface area contributed by atoms with Crippen LogP contribution in [-0.2, 0) is 16.1 Å². The van der Waals surface area contributed by atoms with Crippen LogP contribution in [0.15, 0.2) is 84.7 Å². The zero-order chi connectivity index (χ0) is 20.4. The highest BCUT2D eigenvalue weighted by Crippen LogP contribution is 2.40. The molecule has 1 aliphatic rings. The Hall–Kier alpha value is -3.73. The molecule has 1 N–H and O–H groups in total. The predicted octanol–water partition coefficient (Wildman–Crippen LogP) is 4.01. The van der Waals surface area contributed by atoms with Gasteiger partial charge in [-0.25, -0.2) is 0 Å². The number of pyridine rings is 1. The lowest BCUT2D eigenvalue weighted by molar-refractivity contribution is -0.140. The van der Waals surface area contributed by atoms with Crippen LogP contribution in [0.1, 0.15) is 28.3 Å². The summed E-state index contributed by atoms with van der Waals surface area (Å²) in [5.41, 5.74) is 3.21. The Morgan fingerprint density at radius 1 is 1.03 bits per heavy atom. The number of likely N-dealkylation sites (tertiary alicyclic amines) is 1. The first-order valence-corrected chi connectivity index (χ1v) is 9.35. The monoisotopic (exact) mass is 384 g/mol. The lowest BCUT2D eigenvalue weighted by Gasteiger charge is -2.25. The number of aryl methyl sites for hydroxylation is 1. The first kappa shape index (κ1) is 18.6. The molecule has 0 saturated carbocycles. The van der Waals surface area contributed by atoms with E-state index < -0.39 is 17.7 Å². The zero-order valence-electron chi connectivity index (χ0n) is 15.9. The zero-order valence-corrected chi connectivity index (χ0v) is 15.9. The Morgan fingerprint density at radius 3 is 2.52 bits per heavy atom. The molecule has 0 radical (unpaired) electrons. The highest BCUT2D eigenvalue weighted by atomic mass is 16.3. The van der Waals surface area contributed by atoms with E-state index in [1.54, 1.807) is 42.7 Å². The summed E-state index contributed by atoms with van der Waals surface area (Å²) in [6.07, 6.45) is 3.33. The molecule has 1 atom stereocenters. The second-order valence-corrected chi connectivity index (χ2v) is 7.07. The van der Waals surface area contributed by atoms with Crippen LogP contribution in [-0.4, -0.2) is 26.7 Å². The Balaban J connectivity index is 1.87. The van der Waals surface area contributed by atoms with Gasteiger partial charge in [-0.15, -0.1) is 0 Å². The summed E-state index contributed by atoms with van der Waals surface area (Å²) in [5.74, 6) is -1.47. The van der Waals surface area contributed by atoms with Gasteiger partial charge in [-0.05, 0) is 24.1 Å². The van der Waals surface area contributed by atoms with Crippen molar-refractivity contribution in [1.82, 2.24) is 9.88 Å². The van der Waals surface area contributed by atoms with Gasteiger partial charge in [0.1, 0.15) is 5.76 Å². The lowest BCUT2D eigenvalue weighted by atomic mass is 9.94. The van der Waals surface area contributed by atoms with Gasteiger partial charge in [-0.3, -0.25) is 14.6 Å². The molecule has 3 aromatic rings. The summed E-state index contributed by atoms with van der Waals surface area (Å²) in [7, 11) is 0. The molecule has 1 fully saturated rings. The Bertz CT molecular complexity index is 1090. The van der Waals surface area contributed by atoms with E-state index in [1.807, 2.05) is 43.3 Å². The molecule has 144 valence electrons. The summed E-state index contributed by atoms with van der Waals surface area (Å²) < 4.78 is 0. The molecule has 0 spiro atoms. The summed E-state index contributed by atoms with van der Waals surface area (Å²) in [6, 6.07) is 19.5. The number of carbonyl (C=O) groups is 2. The smallest absolute Gasteiger partial charge is 0.295 e. The van der Waals surface area contributed by atoms with Gasteiger partial charge < -0.3 is 10.0 Å². The topological polar surface area (TPSA) is 70.5 Å². The Morgan fingerprint density at radius 2 is 1.83 bits per heavy atom. The molecule has 29 heavy (non-hydrogen) atoms. The molecule has 1 amide bonds. The van der Waals surface area contributed by atoms with Crippen LogP contribution in [0.5, 0.6) is 0 Å². The Labute approximate surface area is 169 Å². The van der Waals surface area contributed by atoms with E-state index in [1.165, 1.54) is 4.90 Å². The van der Waals surface area contributed by atoms with E-state index in [0.29, 0.717) is 5.56 Å². The number of carbonyl (C=O) groups excluding carboxylic acids is 2. The number of nitrogens with zero attached hydrogens (tertiary/aromatic N) is 2. The van der Waals surface area contributed by atoms with E-state index in [-0.39, 0.29) is 17.9 Å². The fourth-order valence-electron chi connectivity index (χ4n) is 3.67. The van der Waals surface area contributed by atoms with Crippen molar-refractivity contribution < 1.29 is 14.7 Å². The SMILES string of the molecule is Cc1cccc(C2/C(=C(/O)c3ccccc3)C(=O)C(=O)N2Cc2cccnc2)c1. The third kappa shape index (κ3) is 3.55. The molecule has 4 rings (SSSR count). The van der Waals surface area contributed by atoms with Gasteiger partial charge in [-0.2, -0.15) is 0 Å². The van der Waals surface area contributed by atoms with Gasteiger partial charge in [0.25, 0.3) is 11.7 Å². The van der Waals surface area contributed by atoms with Gasteiger partial charge in [-0.1, -0.05) is 66.2 Å². The number of ketones is 1. The number of aliphatic hydroxyl groups excluding tert-OH is 1. The number of rotatable bonds is 4. The van der Waals surface area contributed by atoms with Crippen molar-refractivity contribution in [2.24, 2.45) is 0 Å². The van der Waals surface area contributed by atoms with Crippen molar-refractivity contribution in [3.63, 3.8) is 0 Å². The van der Waals surface area contributed by atoms with Crippen LogP contribution in [0.2, 0.25) is 0 Å². The van der Waals surface area contributed by atoms with Gasteiger partial charge >= 0.3 is 0 Å². The van der Waals surface area contributed by atoms with Crippen molar-refractivity contribution in [3.8, 4) is 0 Å². The number of aliphatic hydroxyl groups is 1. The summed E-state index contributed by atoms with van der Waals surface area (Å²) >= 11 is 0. The van der Waals surface area contributed by atoms with E-state index in [0.717, 1.165) is 16.7 Å². The van der Waals surface area contributed by atoms with Gasteiger partial charge in [0.05, 0.1) is 11.6 Å². The number of aromatic nitrogens is 1. The average Bonchev–Trinajstić information content (AvgIpc) is 2.99. The fraction of sp³-hybridized carbons (Fsp3) is 0.125. The maximum absolute atomic E-state index is 13.0. The van der Waals surface area contributed by atoms with E-state index in [4.69, 9.17) is 0 Å². The number of hydrogen-bond acceptors (Lipinski definition) is 4. The number of benzene rings is 2. The quantitative estimate of drug-likeness (QED) is 0.419. The number of hydrogen-bond donors (Lipinski definition) is 1. The number of amides is 1. The van der Waals surface area contributed by atoms with Crippen LogP contribution in [0.25, 0.3) is 5.76 Å². The maximum atomic E-state index is 13.0. The fourth-order valence-corrected chi connectivity index (χ4v) is 3.67. The van der Waals surface area contributed by atoms with Crippen LogP contribution in [0, 0.1) is 6.92 Å². The third-order valence-corrected chi connectivity index (χ3v) is 5.02. The summed E-state index contributed by atoms with van der Waals surface area (Å²) in [5, 5.41) is 11.0. The maximum Gasteiger partial charge on any atom is 0.295 e. The highest BCUT2D eigenvalue weighted by Gasteiger charge is 2.46. The van der Waals surface area contributed by atoms with Gasteiger partial charge in [0.15, 0.2) is 0 Å². The first-order chi connectivity index (χ1) is 14.1. The Kier molecular flexibility index (Phi) is 4.96. The highest BCUT2D eigenvalue weighted by molar-refractivity contribution is 6.46. The van der Waals surface area contributed by atoms with Crippen molar-refractivity contribution in [1.29, 1.82) is 0 Å². The molecular weight excluding hydrogens is 364 g/mol. The van der Waals surface area contributed by atoms with Crippen LogP contribution in [0.3, 0.4) is 0 Å². The summed E-state index contributed by atoms with van der Waals surface area (Å²) in [6.45, 7) is 2.18. The predicted molar refractivity (Wildman–Crippen MR) is 110 cm³/mol. The van der Waals surface area contributed by atoms with E-state index >= 15 is 0 Å². The van der Waals surface area contributed by atoms with Crippen LogP contribution in [0.4, 0.5) is 0 Å². The lowest BCUT2D eigenvalue weighted by Crippen LogP contribution is -2.29. The van der Waals surface area contributed by atoms with Crippen molar-refractivity contribution in [3.05, 3.63) is 107 Å². The minimum Gasteiger partial charge on any atom is -0.507 e. The first-order valence-electron chi connectivity index (χ1n) is 9.35. The minimum atomic E-state index is -0.679. The number of Topliss-reactive ketones (excluding diaryl/α,β-unsaturated/α-hetero) is 1. The molecule has 1 unspecified atom stereocenters. The van der Waals surface area contributed by atoms with Crippen molar-refractivity contribution >= 4 is 17.4 Å². The van der Waals surface area contributed by atoms with Crippen molar-refractivity contribution in [2.45, 2.75) is 19.5 Å². The average molecular weight is 384 g/mol. The van der Waals surface area contributed by atoms with Crippen molar-refractivity contribution in [2.75, 3.05) is 0 Å². The molecule has 1 aromatic heterocycles. The molecule has 5 heteroatoms. The van der Waals surface area contributed by atoms with Crippen LogP contribution >= 0.6 is 0 Å². The minimum absolute atomic E-state index is 0.107. The van der Waals surface area contributed by atoms with Crippen LogP contribution < -0.4 is 0 Å². The molecule has 2 heterocycles.